The number of halogens is 3. The van der Waals surface area contributed by atoms with Gasteiger partial charge in [0.15, 0.2) is 5.58 Å². The minimum absolute atomic E-state index is 0.121. The number of oxazole rings is 1. The molecule has 182 valence electrons. The summed E-state index contributed by atoms with van der Waals surface area (Å²) in [6, 6.07) is 10.5. The lowest BCUT2D eigenvalue weighted by molar-refractivity contribution is -0.274. The predicted octanol–water partition coefficient (Wildman–Crippen LogP) is 5.72. The first kappa shape index (κ1) is 23.7. The molecule has 1 N–H and O–H groups in total. The zero-order valence-corrected chi connectivity index (χ0v) is 19.0. The first-order chi connectivity index (χ1) is 15.8. The Hall–Kier alpha value is -3.43. The van der Waals surface area contributed by atoms with Gasteiger partial charge in [0.2, 0.25) is 0 Å². The second-order valence-corrected chi connectivity index (χ2v) is 9.53. The molecular formula is C24H25F3N2O5. The molecule has 7 nitrogen and oxygen atoms in total. The molecular weight excluding hydrogens is 453 g/mol. The van der Waals surface area contributed by atoms with Crippen molar-refractivity contribution in [2.45, 2.75) is 52.1 Å². The van der Waals surface area contributed by atoms with E-state index in [1.54, 1.807) is 18.2 Å². The summed E-state index contributed by atoms with van der Waals surface area (Å²) in [4.78, 5) is 26.3. The quantitative estimate of drug-likeness (QED) is 0.519. The Morgan fingerprint density at radius 3 is 2.35 bits per heavy atom. The zero-order chi connectivity index (χ0) is 24.9. The number of carbonyl (C=O) groups is 1. The highest BCUT2D eigenvalue weighted by Gasteiger charge is 2.52. The number of ether oxygens (including phenoxy) is 1. The summed E-state index contributed by atoms with van der Waals surface area (Å²) in [6.07, 6.45) is -4.52. The number of benzene rings is 2. The Morgan fingerprint density at radius 2 is 1.76 bits per heavy atom. The van der Waals surface area contributed by atoms with Crippen molar-refractivity contribution in [1.29, 1.82) is 0 Å². The van der Waals surface area contributed by atoms with Crippen LogP contribution >= 0.6 is 0 Å². The normalized spacial score (nSPS) is 19.1. The highest BCUT2D eigenvalue weighted by molar-refractivity contribution is 5.81. The van der Waals surface area contributed by atoms with Crippen LogP contribution in [0.5, 0.6) is 5.75 Å². The molecule has 1 amide bonds. The number of nitrogens with zero attached hydrogens (tertiary/aromatic N) is 2. The highest BCUT2D eigenvalue weighted by Crippen LogP contribution is 2.45. The first-order valence-electron chi connectivity index (χ1n) is 10.8. The molecule has 2 aromatic carbocycles. The van der Waals surface area contributed by atoms with Crippen LogP contribution in [0.3, 0.4) is 0 Å². The lowest BCUT2D eigenvalue weighted by Crippen LogP contribution is -2.58. The molecule has 34 heavy (non-hydrogen) atoms. The number of amides is 1. The Balaban J connectivity index is 1.75. The van der Waals surface area contributed by atoms with Gasteiger partial charge in [-0.15, -0.1) is 13.2 Å². The van der Waals surface area contributed by atoms with E-state index in [0.717, 1.165) is 0 Å². The van der Waals surface area contributed by atoms with Crippen LogP contribution in [0.15, 0.2) is 51.7 Å². The summed E-state index contributed by atoms with van der Waals surface area (Å²) in [5.74, 6) is -0.929. The molecule has 4 rings (SSSR count). The van der Waals surface area contributed by atoms with Gasteiger partial charge < -0.3 is 19.2 Å². The average Bonchev–Trinajstić information content (AvgIpc) is 3.29. The molecule has 0 bridgehead atoms. The molecule has 0 unspecified atom stereocenters. The topological polar surface area (TPSA) is 84.9 Å². The van der Waals surface area contributed by atoms with E-state index in [9.17, 15) is 27.9 Å². The van der Waals surface area contributed by atoms with E-state index in [2.05, 4.69) is 4.74 Å². The average molecular weight is 478 g/mol. The fourth-order valence-corrected chi connectivity index (χ4v) is 4.84. The number of rotatable bonds is 4. The fourth-order valence-electron chi connectivity index (χ4n) is 4.84. The van der Waals surface area contributed by atoms with Crippen LogP contribution in [0.2, 0.25) is 0 Å². The van der Waals surface area contributed by atoms with Crippen molar-refractivity contribution >= 4 is 17.2 Å². The van der Waals surface area contributed by atoms with Gasteiger partial charge in [0.25, 0.3) is 0 Å². The summed E-state index contributed by atoms with van der Waals surface area (Å²) in [5.41, 5.74) is 0.832. The van der Waals surface area contributed by atoms with E-state index >= 15 is 0 Å². The Labute approximate surface area is 193 Å². The maximum Gasteiger partial charge on any atom is 0.573 e. The lowest BCUT2D eigenvalue weighted by Gasteiger charge is -2.47. The van der Waals surface area contributed by atoms with Crippen LogP contribution in [0.1, 0.15) is 33.6 Å². The molecule has 0 radical (unpaired) electrons. The van der Waals surface area contributed by atoms with E-state index in [1.165, 1.54) is 33.7 Å². The van der Waals surface area contributed by atoms with Crippen molar-refractivity contribution < 1.29 is 32.2 Å². The third kappa shape index (κ3) is 4.24. The number of hydrogen-bond donors (Lipinski definition) is 1. The molecule has 1 fully saturated rings. The van der Waals surface area contributed by atoms with Crippen LogP contribution in [0, 0.1) is 5.41 Å². The zero-order valence-electron chi connectivity index (χ0n) is 19.0. The van der Waals surface area contributed by atoms with Gasteiger partial charge in [0.1, 0.15) is 5.75 Å². The van der Waals surface area contributed by atoms with Gasteiger partial charge in [-0.3, -0.25) is 4.57 Å². The number of fused-ring (bicyclic) bond motifs is 1. The SMILES string of the molecule is CC(C)(C)[C@]1(Cn2c(=O)oc3ccc(-c4ccc(OC(F)(F)F)cc4)cc32)CCCN1C(=O)O. The second-order valence-electron chi connectivity index (χ2n) is 9.53. The van der Waals surface area contributed by atoms with Crippen molar-refractivity contribution in [3.8, 4) is 16.9 Å². The molecule has 1 atom stereocenters. The number of likely N-dealkylation sites (tertiary alicyclic amines) is 1. The van der Waals surface area contributed by atoms with E-state index in [1.807, 2.05) is 20.8 Å². The summed E-state index contributed by atoms with van der Waals surface area (Å²) < 4.78 is 48.1. The molecule has 1 saturated heterocycles. The molecule has 0 saturated carbocycles. The van der Waals surface area contributed by atoms with Gasteiger partial charge in [-0.05, 0) is 53.6 Å². The van der Waals surface area contributed by atoms with E-state index in [4.69, 9.17) is 4.42 Å². The molecule has 1 aliphatic rings. The minimum atomic E-state index is -4.78. The maximum atomic E-state index is 12.8. The molecule has 0 aliphatic carbocycles. The predicted molar refractivity (Wildman–Crippen MR) is 119 cm³/mol. The smallest absolute Gasteiger partial charge is 0.465 e. The number of hydrogen-bond acceptors (Lipinski definition) is 4. The largest absolute Gasteiger partial charge is 0.573 e. The third-order valence-electron chi connectivity index (χ3n) is 6.62. The van der Waals surface area contributed by atoms with Gasteiger partial charge in [0.05, 0.1) is 17.6 Å². The molecule has 1 aromatic heterocycles. The number of carboxylic acid groups (broad SMARTS) is 1. The van der Waals surface area contributed by atoms with Gasteiger partial charge in [-0.1, -0.05) is 39.0 Å². The van der Waals surface area contributed by atoms with E-state index < -0.39 is 29.2 Å². The van der Waals surface area contributed by atoms with Crippen molar-refractivity contribution in [3.05, 3.63) is 53.0 Å². The number of alkyl halides is 3. The molecule has 0 spiro atoms. The number of aromatic nitrogens is 1. The third-order valence-corrected chi connectivity index (χ3v) is 6.62. The summed E-state index contributed by atoms with van der Waals surface area (Å²) in [5, 5.41) is 9.84. The molecule has 10 heteroatoms. The van der Waals surface area contributed by atoms with Crippen LogP contribution in [0.4, 0.5) is 18.0 Å². The standard InChI is InChI=1S/C24H25F3N2O5/c1-22(2,3)23(11-4-12-29(23)20(30)31)14-28-18-13-16(7-10-19(18)33-21(28)32)15-5-8-17(9-6-15)34-24(25,26)27/h5-10,13H,4,11-12,14H2,1-3H3,(H,30,31)/t23-/m1/s1. The molecule has 1 aliphatic heterocycles. The van der Waals surface area contributed by atoms with Crippen molar-refractivity contribution in [2.24, 2.45) is 5.41 Å². The monoisotopic (exact) mass is 478 g/mol. The van der Waals surface area contributed by atoms with Crippen LogP contribution in [-0.2, 0) is 6.54 Å². The minimum Gasteiger partial charge on any atom is -0.465 e. The fraction of sp³-hybridized carbons (Fsp3) is 0.417. The maximum absolute atomic E-state index is 12.8. The van der Waals surface area contributed by atoms with Crippen LogP contribution < -0.4 is 10.5 Å². The van der Waals surface area contributed by atoms with Gasteiger partial charge >= 0.3 is 18.2 Å². The Bertz CT molecular complexity index is 1270. The summed E-state index contributed by atoms with van der Waals surface area (Å²) >= 11 is 0. The second kappa shape index (κ2) is 8.11. The summed E-state index contributed by atoms with van der Waals surface area (Å²) in [6.45, 7) is 6.37. The molecule has 3 aromatic rings. The summed E-state index contributed by atoms with van der Waals surface area (Å²) in [7, 11) is 0. The van der Waals surface area contributed by atoms with Crippen LogP contribution in [-0.4, -0.2) is 39.1 Å². The van der Waals surface area contributed by atoms with Crippen molar-refractivity contribution in [1.82, 2.24) is 9.47 Å². The van der Waals surface area contributed by atoms with Crippen molar-refractivity contribution in [2.75, 3.05) is 6.54 Å². The van der Waals surface area contributed by atoms with Gasteiger partial charge in [-0.25, -0.2) is 9.59 Å². The van der Waals surface area contributed by atoms with Gasteiger partial charge in [-0.2, -0.15) is 0 Å². The van der Waals surface area contributed by atoms with Gasteiger partial charge in [0, 0.05) is 6.54 Å². The van der Waals surface area contributed by atoms with E-state index in [0.29, 0.717) is 41.6 Å². The molecule has 2 heterocycles. The van der Waals surface area contributed by atoms with E-state index in [-0.39, 0.29) is 12.3 Å². The Morgan fingerprint density at radius 1 is 1.12 bits per heavy atom. The highest BCUT2D eigenvalue weighted by atomic mass is 19.4. The van der Waals surface area contributed by atoms with Crippen molar-refractivity contribution in [3.63, 3.8) is 0 Å². The first-order valence-corrected chi connectivity index (χ1v) is 10.8. The Kier molecular flexibility index (Phi) is 5.65. The lowest BCUT2D eigenvalue weighted by atomic mass is 9.71. The van der Waals surface area contributed by atoms with Crippen LogP contribution in [0.25, 0.3) is 22.2 Å².